The predicted molar refractivity (Wildman–Crippen MR) is 84.1 cm³/mol. The van der Waals surface area contributed by atoms with Gasteiger partial charge in [-0.2, -0.15) is 0 Å². The number of hydrogen-bond donors (Lipinski definition) is 1. The number of methoxy groups -OCH3 is 1. The highest BCUT2D eigenvalue weighted by atomic mass is 127. The average Bonchev–Trinajstić information content (AvgIpc) is 2.41. The summed E-state index contributed by atoms with van der Waals surface area (Å²) >= 11 is 2.06. The molecule has 5 heteroatoms. The van der Waals surface area contributed by atoms with E-state index in [2.05, 4.69) is 27.9 Å². The number of nitrogens with one attached hydrogen (secondary N) is 1. The van der Waals surface area contributed by atoms with Crippen molar-refractivity contribution in [2.45, 2.75) is 13.0 Å². The summed E-state index contributed by atoms with van der Waals surface area (Å²) in [6.45, 7) is 1.92. The van der Waals surface area contributed by atoms with Gasteiger partial charge < -0.3 is 10.1 Å². The maximum absolute atomic E-state index is 13.7. The van der Waals surface area contributed by atoms with Crippen LogP contribution in [0.1, 0.15) is 18.5 Å². The Labute approximate surface area is 130 Å². The fraction of sp³-hybridized carbons (Fsp3) is 0.200. The first-order valence-corrected chi connectivity index (χ1v) is 7.14. The molecule has 0 radical (unpaired) electrons. The highest BCUT2D eigenvalue weighted by molar-refractivity contribution is 14.1. The summed E-state index contributed by atoms with van der Waals surface area (Å²) in [6.07, 6.45) is 0. The monoisotopic (exact) mass is 389 g/mol. The van der Waals surface area contributed by atoms with Gasteiger partial charge in [0.15, 0.2) is 11.6 Å². The van der Waals surface area contributed by atoms with Crippen LogP contribution in [0.25, 0.3) is 0 Å². The zero-order valence-corrected chi connectivity index (χ0v) is 13.2. The summed E-state index contributed by atoms with van der Waals surface area (Å²) in [5.41, 5.74) is 1.61. The largest absolute Gasteiger partial charge is 0.494 e. The fourth-order valence-electron chi connectivity index (χ4n) is 1.88. The Balaban J connectivity index is 2.19. The third-order valence-corrected chi connectivity index (χ3v) is 3.87. The Hall–Kier alpha value is -1.37. The van der Waals surface area contributed by atoms with E-state index >= 15 is 0 Å². The van der Waals surface area contributed by atoms with Crippen molar-refractivity contribution in [2.75, 3.05) is 12.4 Å². The van der Waals surface area contributed by atoms with Gasteiger partial charge in [-0.05, 0) is 65.4 Å². The molecule has 1 unspecified atom stereocenters. The van der Waals surface area contributed by atoms with E-state index in [0.717, 1.165) is 14.8 Å². The number of hydrogen-bond acceptors (Lipinski definition) is 2. The molecule has 0 heterocycles. The molecular weight excluding hydrogens is 375 g/mol. The second-order valence-corrected chi connectivity index (χ2v) is 5.55. The van der Waals surface area contributed by atoms with Crippen LogP contribution < -0.4 is 10.1 Å². The van der Waals surface area contributed by atoms with Gasteiger partial charge in [-0.1, -0.05) is 6.07 Å². The minimum atomic E-state index is -0.396. The second kappa shape index (κ2) is 6.39. The van der Waals surface area contributed by atoms with Crippen LogP contribution in [0.2, 0.25) is 0 Å². The van der Waals surface area contributed by atoms with Gasteiger partial charge in [0.2, 0.25) is 0 Å². The molecule has 0 aliphatic rings. The zero-order chi connectivity index (χ0) is 14.7. The number of halogens is 3. The highest BCUT2D eigenvalue weighted by Gasteiger charge is 2.11. The summed E-state index contributed by atoms with van der Waals surface area (Å²) < 4.78 is 32.4. The molecule has 0 aromatic heterocycles. The lowest BCUT2D eigenvalue weighted by atomic mass is 10.1. The molecule has 0 fully saturated rings. The van der Waals surface area contributed by atoms with E-state index in [-0.39, 0.29) is 17.6 Å². The van der Waals surface area contributed by atoms with Crippen LogP contribution in [-0.2, 0) is 0 Å². The Kier molecular flexibility index (Phi) is 4.80. The summed E-state index contributed by atoms with van der Waals surface area (Å²) in [7, 11) is 1.43. The number of anilines is 1. The van der Waals surface area contributed by atoms with Crippen LogP contribution in [0.4, 0.5) is 14.5 Å². The van der Waals surface area contributed by atoms with E-state index in [1.165, 1.54) is 25.3 Å². The van der Waals surface area contributed by atoms with Crippen molar-refractivity contribution in [3.63, 3.8) is 0 Å². The van der Waals surface area contributed by atoms with Gasteiger partial charge in [0.1, 0.15) is 5.82 Å². The van der Waals surface area contributed by atoms with E-state index in [9.17, 15) is 8.78 Å². The Bertz CT molecular complexity index is 619. The van der Waals surface area contributed by atoms with Gasteiger partial charge >= 0.3 is 0 Å². The SMILES string of the molecule is COc1ccc(C(C)Nc2ccc(F)cc2I)cc1F. The molecule has 0 saturated heterocycles. The third kappa shape index (κ3) is 3.39. The molecule has 2 rings (SSSR count). The maximum atomic E-state index is 13.7. The van der Waals surface area contributed by atoms with E-state index < -0.39 is 5.82 Å². The summed E-state index contributed by atoms with van der Waals surface area (Å²) in [6, 6.07) is 9.25. The van der Waals surface area contributed by atoms with Crippen LogP contribution in [-0.4, -0.2) is 7.11 Å². The fourth-order valence-corrected chi connectivity index (χ4v) is 2.51. The number of rotatable bonds is 4. The number of ether oxygens (including phenoxy) is 1. The number of benzene rings is 2. The molecule has 0 amide bonds. The van der Waals surface area contributed by atoms with Crippen molar-refractivity contribution in [1.82, 2.24) is 0 Å². The van der Waals surface area contributed by atoms with E-state index in [0.29, 0.717) is 0 Å². The molecule has 1 atom stereocenters. The zero-order valence-electron chi connectivity index (χ0n) is 11.1. The van der Waals surface area contributed by atoms with Crippen molar-refractivity contribution < 1.29 is 13.5 Å². The van der Waals surface area contributed by atoms with Crippen LogP contribution in [0.15, 0.2) is 36.4 Å². The Morgan fingerprint density at radius 3 is 2.50 bits per heavy atom. The van der Waals surface area contributed by atoms with Crippen LogP contribution in [0.3, 0.4) is 0 Å². The highest BCUT2D eigenvalue weighted by Crippen LogP contribution is 2.27. The normalized spacial score (nSPS) is 12.1. The minimum Gasteiger partial charge on any atom is -0.494 e. The molecule has 0 aliphatic carbocycles. The Morgan fingerprint density at radius 1 is 1.15 bits per heavy atom. The van der Waals surface area contributed by atoms with Crippen LogP contribution in [0.5, 0.6) is 5.75 Å². The van der Waals surface area contributed by atoms with Gasteiger partial charge in [-0.25, -0.2) is 8.78 Å². The van der Waals surface area contributed by atoms with Gasteiger partial charge in [-0.3, -0.25) is 0 Å². The van der Waals surface area contributed by atoms with Crippen molar-refractivity contribution in [1.29, 1.82) is 0 Å². The first kappa shape index (κ1) is 15.0. The molecule has 2 nitrogen and oxygen atoms in total. The summed E-state index contributed by atoms with van der Waals surface area (Å²) in [5, 5.41) is 3.24. The molecular formula is C15H14F2INO. The van der Waals surface area contributed by atoms with Gasteiger partial charge in [0, 0.05) is 15.3 Å². The quantitative estimate of drug-likeness (QED) is 0.763. The van der Waals surface area contributed by atoms with Crippen molar-refractivity contribution in [3.05, 3.63) is 57.2 Å². The molecule has 0 aliphatic heterocycles. The minimum absolute atomic E-state index is 0.102. The van der Waals surface area contributed by atoms with Gasteiger partial charge in [0.05, 0.1) is 7.11 Å². The average molecular weight is 389 g/mol. The molecule has 0 bridgehead atoms. The van der Waals surface area contributed by atoms with E-state index in [1.807, 2.05) is 6.92 Å². The van der Waals surface area contributed by atoms with Crippen molar-refractivity contribution in [2.24, 2.45) is 0 Å². The van der Waals surface area contributed by atoms with Gasteiger partial charge in [0.25, 0.3) is 0 Å². The van der Waals surface area contributed by atoms with Crippen LogP contribution >= 0.6 is 22.6 Å². The van der Waals surface area contributed by atoms with E-state index in [1.54, 1.807) is 18.2 Å². The summed E-state index contributed by atoms with van der Waals surface area (Å²) in [4.78, 5) is 0. The molecule has 106 valence electrons. The lowest BCUT2D eigenvalue weighted by molar-refractivity contribution is 0.386. The molecule has 0 saturated carbocycles. The molecule has 20 heavy (non-hydrogen) atoms. The molecule has 2 aromatic carbocycles. The molecule has 2 aromatic rings. The lowest BCUT2D eigenvalue weighted by Gasteiger charge is -2.17. The Morgan fingerprint density at radius 2 is 1.90 bits per heavy atom. The van der Waals surface area contributed by atoms with Crippen LogP contribution in [0, 0.1) is 15.2 Å². The maximum Gasteiger partial charge on any atom is 0.165 e. The first-order valence-electron chi connectivity index (χ1n) is 6.06. The van der Waals surface area contributed by atoms with Gasteiger partial charge in [-0.15, -0.1) is 0 Å². The first-order chi connectivity index (χ1) is 9.51. The third-order valence-electron chi connectivity index (χ3n) is 2.98. The standard InChI is InChI=1S/C15H14F2INO/c1-9(10-3-6-15(20-2)12(17)7-10)19-14-5-4-11(16)8-13(14)18/h3-9,19H,1-2H3. The van der Waals surface area contributed by atoms with Crippen molar-refractivity contribution in [3.8, 4) is 5.75 Å². The van der Waals surface area contributed by atoms with E-state index in [4.69, 9.17) is 4.74 Å². The molecule has 1 N–H and O–H groups in total. The van der Waals surface area contributed by atoms with Crippen molar-refractivity contribution >= 4 is 28.3 Å². The lowest BCUT2D eigenvalue weighted by Crippen LogP contribution is -2.08. The second-order valence-electron chi connectivity index (χ2n) is 4.38. The summed E-state index contributed by atoms with van der Waals surface area (Å²) in [5.74, 6) is -0.451. The topological polar surface area (TPSA) is 21.3 Å². The predicted octanol–water partition coefficient (Wildman–Crippen LogP) is 4.75. The molecule has 0 spiro atoms. The smallest absolute Gasteiger partial charge is 0.165 e.